The number of hydrogen-bond donors (Lipinski definition) is 1. The zero-order valence-corrected chi connectivity index (χ0v) is 5.94. The summed E-state index contributed by atoms with van der Waals surface area (Å²) in [5.74, 6) is -1.38. The van der Waals surface area contributed by atoms with E-state index in [4.69, 9.17) is 0 Å². The van der Waals surface area contributed by atoms with Crippen LogP contribution in [0.25, 0.3) is 0 Å². The highest BCUT2D eigenvalue weighted by molar-refractivity contribution is 6.44. The largest absolute Gasteiger partial charge is 0.354 e. The molecule has 56 valence electrons. The van der Waals surface area contributed by atoms with Crippen molar-refractivity contribution >= 4 is 11.6 Å². The normalized spacial score (nSPS) is 10.9. The van der Waals surface area contributed by atoms with E-state index in [9.17, 15) is 9.18 Å². The van der Waals surface area contributed by atoms with Crippen molar-refractivity contribution in [2.75, 3.05) is 14.1 Å². The van der Waals surface area contributed by atoms with E-state index in [1.54, 1.807) is 0 Å². The van der Waals surface area contributed by atoms with Crippen LogP contribution in [0, 0.1) is 0 Å². The van der Waals surface area contributed by atoms with Crippen LogP contribution in [0.1, 0.15) is 0 Å². The summed E-state index contributed by atoms with van der Waals surface area (Å²) >= 11 is 0. The molecule has 1 amide bonds. The Morgan fingerprint density at radius 1 is 1.70 bits per heavy atom. The summed E-state index contributed by atoms with van der Waals surface area (Å²) < 4.78 is 12.2. The number of hydrogen-bond acceptors (Lipinski definition) is 2. The van der Waals surface area contributed by atoms with Crippen LogP contribution in [0.2, 0.25) is 0 Å². The van der Waals surface area contributed by atoms with Gasteiger partial charge in [0.05, 0.1) is 0 Å². The third kappa shape index (κ3) is 1.97. The Morgan fingerprint density at radius 3 is 2.30 bits per heavy atom. The highest BCUT2D eigenvalue weighted by atomic mass is 19.1. The molecular weight excluding hydrogens is 135 g/mol. The SMILES string of the molecule is C=C(F)C(=NC)C(=O)NC. The molecule has 0 heterocycles. The van der Waals surface area contributed by atoms with Crippen molar-refractivity contribution in [2.24, 2.45) is 4.99 Å². The second-order valence-electron chi connectivity index (χ2n) is 1.56. The number of aliphatic imine (C=N–C) groups is 1. The summed E-state index contributed by atoms with van der Waals surface area (Å²) in [6, 6.07) is 0. The lowest BCUT2D eigenvalue weighted by molar-refractivity contribution is -0.114. The van der Waals surface area contributed by atoms with Crippen LogP contribution in [-0.2, 0) is 4.79 Å². The maximum atomic E-state index is 12.2. The van der Waals surface area contributed by atoms with Gasteiger partial charge < -0.3 is 5.32 Å². The van der Waals surface area contributed by atoms with Gasteiger partial charge in [-0.2, -0.15) is 0 Å². The number of rotatable bonds is 2. The standard InChI is InChI=1S/C6H9FN2O/c1-4(7)5(8-2)6(10)9-3/h1H2,2-3H3,(H,9,10). The number of nitrogens with zero attached hydrogens (tertiary/aromatic N) is 1. The number of nitrogens with one attached hydrogen (secondary N) is 1. The van der Waals surface area contributed by atoms with Gasteiger partial charge in [-0.1, -0.05) is 6.58 Å². The Kier molecular flexibility index (Phi) is 3.32. The van der Waals surface area contributed by atoms with Crippen molar-refractivity contribution in [2.45, 2.75) is 0 Å². The quantitative estimate of drug-likeness (QED) is 0.556. The lowest BCUT2D eigenvalue weighted by Crippen LogP contribution is -2.27. The lowest BCUT2D eigenvalue weighted by Gasteiger charge is -1.97. The van der Waals surface area contributed by atoms with Gasteiger partial charge in [0, 0.05) is 14.1 Å². The molecule has 4 heteroatoms. The monoisotopic (exact) mass is 144 g/mol. The van der Waals surface area contributed by atoms with Gasteiger partial charge in [-0.25, -0.2) is 4.39 Å². The molecule has 0 aliphatic carbocycles. The van der Waals surface area contributed by atoms with Crippen molar-refractivity contribution in [3.8, 4) is 0 Å². The Labute approximate surface area is 58.6 Å². The Balaban J connectivity index is 4.39. The highest BCUT2D eigenvalue weighted by Crippen LogP contribution is 1.95. The molecule has 0 aromatic rings. The Morgan fingerprint density at radius 2 is 2.20 bits per heavy atom. The molecule has 0 aromatic carbocycles. The minimum Gasteiger partial charge on any atom is -0.354 e. The molecule has 0 saturated carbocycles. The number of carbonyl (C=O) groups is 1. The Bertz CT molecular complexity index is 186. The van der Waals surface area contributed by atoms with Crippen molar-refractivity contribution in [3.63, 3.8) is 0 Å². The van der Waals surface area contributed by atoms with E-state index in [0.29, 0.717) is 0 Å². The first-order valence-corrected chi connectivity index (χ1v) is 2.67. The van der Waals surface area contributed by atoms with Crippen molar-refractivity contribution in [3.05, 3.63) is 12.4 Å². The second-order valence-corrected chi connectivity index (χ2v) is 1.56. The number of carbonyl (C=O) groups excluding carboxylic acids is 1. The predicted octanol–water partition coefficient (Wildman–Crippen LogP) is 0.286. The molecule has 3 nitrogen and oxygen atoms in total. The summed E-state index contributed by atoms with van der Waals surface area (Å²) in [7, 11) is 2.73. The second kappa shape index (κ2) is 3.76. The van der Waals surface area contributed by atoms with Crippen LogP contribution in [0.3, 0.4) is 0 Å². The van der Waals surface area contributed by atoms with Crippen molar-refractivity contribution < 1.29 is 9.18 Å². The summed E-state index contributed by atoms with van der Waals surface area (Å²) in [6.45, 7) is 2.94. The molecule has 0 spiro atoms. The number of amides is 1. The van der Waals surface area contributed by atoms with E-state index in [-0.39, 0.29) is 5.71 Å². The molecule has 0 aromatic heterocycles. The molecular formula is C6H9FN2O. The van der Waals surface area contributed by atoms with Crippen LogP contribution < -0.4 is 5.32 Å². The smallest absolute Gasteiger partial charge is 0.272 e. The third-order valence-corrected chi connectivity index (χ3v) is 0.923. The van der Waals surface area contributed by atoms with Gasteiger partial charge in [0.1, 0.15) is 5.83 Å². The fraction of sp³-hybridized carbons (Fsp3) is 0.333. The average Bonchev–Trinajstić information content (AvgIpc) is 1.88. The van der Waals surface area contributed by atoms with Crippen LogP contribution in [-0.4, -0.2) is 25.7 Å². The van der Waals surface area contributed by atoms with E-state index >= 15 is 0 Å². The summed E-state index contributed by atoms with van der Waals surface area (Å²) in [5, 5.41) is 2.23. The van der Waals surface area contributed by atoms with Gasteiger partial charge >= 0.3 is 0 Å². The van der Waals surface area contributed by atoms with Crippen LogP contribution in [0.15, 0.2) is 17.4 Å². The van der Waals surface area contributed by atoms with E-state index in [1.165, 1.54) is 14.1 Å². The van der Waals surface area contributed by atoms with Crippen molar-refractivity contribution in [1.82, 2.24) is 5.32 Å². The van der Waals surface area contributed by atoms with E-state index in [2.05, 4.69) is 16.9 Å². The molecule has 0 radical (unpaired) electrons. The first kappa shape index (κ1) is 8.81. The zero-order chi connectivity index (χ0) is 8.15. The minimum atomic E-state index is -0.818. The molecule has 1 N–H and O–H groups in total. The highest BCUT2D eigenvalue weighted by Gasteiger charge is 2.10. The fourth-order valence-corrected chi connectivity index (χ4v) is 0.464. The van der Waals surface area contributed by atoms with E-state index in [1.807, 2.05) is 0 Å². The van der Waals surface area contributed by atoms with E-state index < -0.39 is 11.7 Å². The summed E-state index contributed by atoms with van der Waals surface area (Å²) in [4.78, 5) is 14.0. The molecule has 0 bridgehead atoms. The van der Waals surface area contributed by atoms with Crippen molar-refractivity contribution in [1.29, 1.82) is 0 Å². The average molecular weight is 144 g/mol. The first-order valence-electron chi connectivity index (χ1n) is 2.67. The van der Waals surface area contributed by atoms with Crippen LogP contribution in [0.4, 0.5) is 4.39 Å². The van der Waals surface area contributed by atoms with Crippen LogP contribution in [0.5, 0.6) is 0 Å². The van der Waals surface area contributed by atoms with Gasteiger partial charge in [-0.05, 0) is 0 Å². The molecule has 0 saturated heterocycles. The van der Waals surface area contributed by atoms with Gasteiger partial charge in [0.15, 0.2) is 5.71 Å². The minimum absolute atomic E-state index is 0.262. The molecule has 0 aliphatic heterocycles. The predicted molar refractivity (Wildman–Crippen MR) is 37.7 cm³/mol. The Hall–Kier alpha value is -1.19. The maximum absolute atomic E-state index is 12.2. The van der Waals surface area contributed by atoms with Gasteiger partial charge in [-0.15, -0.1) is 0 Å². The molecule has 0 fully saturated rings. The topological polar surface area (TPSA) is 41.5 Å². The van der Waals surface area contributed by atoms with Gasteiger partial charge in [0.2, 0.25) is 0 Å². The van der Waals surface area contributed by atoms with Crippen LogP contribution >= 0.6 is 0 Å². The molecule has 0 rings (SSSR count). The molecule has 10 heavy (non-hydrogen) atoms. The third-order valence-electron chi connectivity index (χ3n) is 0.923. The lowest BCUT2D eigenvalue weighted by atomic mass is 10.3. The molecule has 0 aliphatic rings. The molecule has 0 unspecified atom stereocenters. The van der Waals surface area contributed by atoms with Gasteiger partial charge in [-0.3, -0.25) is 9.79 Å². The maximum Gasteiger partial charge on any atom is 0.272 e. The fourth-order valence-electron chi connectivity index (χ4n) is 0.464. The zero-order valence-electron chi connectivity index (χ0n) is 5.94. The van der Waals surface area contributed by atoms with E-state index in [0.717, 1.165) is 0 Å². The number of halogens is 1. The summed E-state index contributed by atoms with van der Waals surface area (Å²) in [6.07, 6.45) is 0. The first-order chi connectivity index (χ1) is 4.63. The van der Waals surface area contributed by atoms with Gasteiger partial charge in [0.25, 0.3) is 5.91 Å². The summed E-state index contributed by atoms with van der Waals surface area (Å²) in [5.41, 5.74) is -0.262. The molecule has 0 atom stereocenters.